The van der Waals surface area contributed by atoms with Crippen molar-refractivity contribution in [3.63, 3.8) is 0 Å². The Hall–Kier alpha value is -1.16. The van der Waals surface area contributed by atoms with E-state index in [-0.39, 0.29) is 23.9 Å². The number of rotatable bonds is 7. The van der Waals surface area contributed by atoms with Crippen LogP contribution in [0.4, 0.5) is 5.95 Å². The van der Waals surface area contributed by atoms with Crippen LogP contribution in [-0.2, 0) is 14.8 Å². The van der Waals surface area contributed by atoms with Gasteiger partial charge < -0.3 is 14.4 Å². The smallest absolute Gasteiger partial charge is 0.230 e. The van der Waals surface area contributed by atoms with E-state index >= 15 is 0 Å². The first kappa shape index (κ1) is 21.1. The highest BCUT2D eigenvalue weighted by Crippen LogP contribution is 2.38. The van der Waals surface area contributed by atoms with Crippen molar-refractivity contribution in [1.82, 2.24) is 14.3 Å². The molecule has 1 aromatic heterocycles. The lowest BCUT2D eigenvalue weighted by molar-refractivity contribution is -0.0514. The number of ether oxygens (including phenoxy) is 2. The Balaban J connectivity index is 1.48. The van der Waals surface area contributed by atoms with Gasteiger partial charge in [-0.15, -0.1) is 0 Å². The molecular formula is C19H29ClN4O4S. The van der Waals surface area contributed by atoms with Crippen molar-refractivity contribution in [2.75, 3.05) is 37.5 Å². The summed E-state index contributed by atoms with van der Waals surface area (Å²) in [5.41, 5.74) is 0. The molecule has 0 radical (unpaired) electrons. The fourth-order valence-corrected chi connectivity index (χ4v) is 6.35. The Kier molecular flexibility index (Phi) is 6.20. The summed E-state index contributed by atoms with van der Waals surface area (Å²) in [6, 6.07) is 1.89. The number of nitrogens with zero attached hydrogens (tertiary/aromatic N) is 4. The summed E-state index contributed by atoms with van der Waals surface area (Å²) < 4.78 is 38.0. The zero-order valence-corrected chi connectivity index (χ0v) is 18.5. The van der Waals surface area contributed by atoms with Crippen LogP contribution in [0, 0.1) is 5.92 Å². The third-order valence-corrected chi connectivity index (χ3v) is 8.43. The Labute approximate surface area is 177 Å². The fourth-order valence-electron chi connectivity index (χ4n) is 4.59. The molecule has 0 spiro atoms. The predicted molar refractivity (Wildman–Crippen MR) is 111 cm³/mol. The molecule has 3 saturated heterocycles. The topological polar surface area (TPSA) is 84.9 Å². The second-order valence-electron chi connectivity index (χ2n) is 8.25. The van der Waals surface area contributed by atoms with E-state index in [2.05, 4.69) is 9.97 Å². The van der Waals surface area contributed by atoms with E-state index in [1.807, 2.05) is 11.9 Å². The van der Waals surface area contributed by atoms with Gasteiger partial charge in [-0.25, -0.2) is 13.4 Å². The van der Waals surface area contributed by atoms with E-state index in [1.165, 1.54) is 0 Å². The number of halogens is 1. The van der Waals surface area contributed by atoms with Gasteiger partial charge in [0.05, 0.1) is 25.6 Å². The van der Waals surface area contributed by atoms with E-state index in [9.17, 15) is 8.42 Å². The maximum Gasteiger partial charge on any atom is 0.230 e. The molecule has 3 aliphatic rings. The molecule has 10 heteroatoms. The van der Waals surface area contributed by atoms with Gasteiger partial charge in [-0.2, -0.15) is 9.29 Å². The second kappa shape index (κ2) is 8.53. The number of sulfonamides is 1. The van der Waals surface area contributed by atoms with Crippen LogP contribution >= 0.6 is 11.6 Å². The Morgan fingerprint density at radius 3 is 2.55 bits per heavy atom. The molecule has 1 aromatic rings. The lowest BCUT2D eigenvalue weighted by atomic mass is 9.83. The highest BCUT2D eigenvalue weighted by molar-refractivity contribution is 7.89. The largest absolute Gasteiger partial charge is 0.477 e. The lowest BCUT2D eigenvalue weighted by Crippen LogP contribution is -2.58. The molecule has 0 N–H and O–H groups in total. The van der Waals surface area contributed by atoms with Crippen LogP contribution in [0.15, 0.2) is 6.07 Å². The molecule has 0 aromatic carbocycles. The summed E-state index contributed by atoms with van der Waals surface area (Å²) in [5, 5.41) is 0.341. The lowest BCUT2D eigenvalue weighted by Gasteiger charge is -2.49. The molecule has 2 bridgehead atoms. The van der Waals surface area contributed by atoms with Gasteiger partial charge in [0, 0.05) is 37.2 Å². The first-order chi connectivity index (χ1) is 13.9. The minimum atomic E-state index is -3.19. The van der Waals surface area contributed by atoms with Gasteiger partial charge >= 0.3 is 0 Å². The number of piperidine rings is 2. The molecular weight excluding hydrogens is 416 g/mol. The highest BCUT2D eigenvalue weighted by Gasteiger charge is 2.45. The van der Waals surface area contributed by atoms with Crippen LogP contribution in [0.2, 0.25) is 5.15 Å². The normalized spacial score (nSPS) is 28.0. The molecule has 4 rings (SSSR count). The molecule has 162 valence electrons. The number of hydrogen-bond donors (Lipinski definition) is 0. The van der Waals surface area contributed by atoms with E-state index in [4.69, 9.17) is 21.1 Å². The molecule has 29 heavy (non-hydrogen) atoms. The van der Waals surface area contributed by atoms with Crippen molar-refractivity contribution < 1.29 is 17.9 Å². The van der Waals surface area contributed by atoms with Crippen LogP contribution in [0.5, 0.6) is 5.88 Å². The highest BCUT2D eigenvalue weighted by atomic mass is 35.5. The monoisotopic (exact) mass is 444 g/mol. The van der Waals surface area contributed by atoms with Crippen LogP contribution in [-0.4, -0.2) is 73.4 Å². The molecule has 3 aliphatic heterocycles. The molecule has 8 nitrogen and oxygen atoms in total. The zero-order chi connectivity index (χ0) is 20.6. The number of anilines is 1. The molecule has 0 saturated carbocycles. The quantitative estimate of drug-likeness (QED) is 0.596. The van der Waals surface area contributed by atoms with Crippen molar-refractivity contribution in [2.45, 2.75) is 57.2 Å². The predicted octanol–water partition coefficient (Wildman–Crippen LogP) is 2.33. The molecule has 0 aliphatic carbocycles. The summed E-state index contributed by atoms with van der Waals surface area (Å²) >= 11 is 6.22. The Morgan fingerprint density at radius 1 is 1.28 bits per heavy atom. The second-order valence-corrected chi connectivity index (χ2v) is 10.8. The Morgan fingerprint density at radius 2 is 1.97 bits per heavy atom. The zero-order valence-electron chi connectivity index (χ0n) is 17.0. The summed E-state index contributed by atoms with van der Waals surface area (Å²) in [4.78, 5) is 11.0. The summed E-state index contributed by atoms with van der Waals surface area (Å²) in [6.45, 7) is 3.70. The van der Waals surface area contributed by atoms with Crippen LogP contribution in [0.25, 0.3) is 0 Å². The van der Waals surface area contributed by atoms with E-state index in [0.29, 0.717) is 42.7 Å². The van der Waals surface area contributed by atoms with Gasteiger partial charge in [-0.05, 0) is 32.6 Å². The first-order valence-corrected chi connectivity index (χ1v) is 12.3. The van der Waals surface area contributed by atoms with Gasteiger partial charge in [0.1, 0.15) is 5.15 Å². The third-order valence-electron chi connectivity index (χ3n) is 6.27. The van der Waals surface area contributed by atoms with Crippen LogP contribution < -0.4 is 9.64 Å². The molecule has 4 heterocycles. The average molecular weight is 445 g/mol. The van der Waals surface area contributed by atoms with Crippen molar-refractivity contribution in [1.29, 1.82) is 0 Å². The average Bonchev–Trinajstić information content (AvgIpc) is 2.64. The van der Waals surface area contributed by atoms with Gasteiger partial charge in [0.2, 0.25) is 21.9 Å². The summed E-state index contributed by atoms with van der Waals surface area (Å²) in [6.07, 6.45) is 4.45. The van der Waals surface area contributed by atoms with Crippen LogP contribution in [0.1, 0.15) is 39.0 Å². The minimum absolute atomic E-state index is 0.0495. The van der Waals surface area contributed by atoms with Crippen molar-refractivity contribution >= 4 is 27.6 Å². The van der Waals surface area contributed by atoms with Crippen molar-refractivity contribution in [3.05, 3.63) is 11.2 Å². The van der Waals surface area contributed by atoms with E-state index in [1.54, 1.807) is 17.3 Å². The van der Waals surface area contributed by atoms with Gasteiger partial charge in [0.25, 0.3) is 0 Å². The molecule has 0 unspecified atom stereocenters. The van der Waals surface area contributed by atoms with Gasteiger partial charge in [-0.1, -0.05) is 18.0 Å². The van der Waals surface area contributed by atoms with Crippen molar-refractivity contribution in [2.24, 2.45) is 5.92 Å². The fraction of sp³-hybridized carbons (Fsp3) is 0.789. The number of fused-ring (bicyclic) bond motifs is 2. The van der Waals surface area contributed by atoms with Gasteiger partial charge in [0.15, 0.2) is 0 Å². The maximum atomic E-state index is 12.6. The number of hydrogen-bond acceptors (Lipinski definition) is 7. The standard InChI is InChI=1S/C19H29ClN4O4S/c1-3-29(25,26)24-14-5-4-6-15(24)8-16(7-14)23(2)19-21-17(20)9-18(22-19)28-12-13-10-27-11-13/h9,13-16H,3-8,10-12H2,1-2H3/t14-,15+,16+. The first-order valence-electron chi connectivity index (χ1n) is 10.4. The Bertz CT molecular complexity index is 821. The molecule has 3 fully saturated rings. The maximum absolute atomic E-state index is 12.6. The third kappa shape index (κ3) is 4.47. The minimum Gasteiger partial charge on any atom is -0.477 e. The van der Waals surface area contributed by atoms with Crippen molar-refractivity contribution in [3.8, 4) is 5.88 Å². The SMILES string of the molecule is CCS(=O)(=O)N1[C@@H]2CCC[C@H]1C[C@@H](N(C)c1nc(Cl)cc(OCC3COC3)n1)C2. The molecule has 3 atom stereocenters. The molecule has 0 amide bonds. The summed E-state index contributed by atoms with van der Waals surface area (Å²) in [5.74, 6) is 1.54. The van der Waals surface area contributed by atoms with E-state index < -0.39 is 10.0 Å². The van der Waals surface area contributed by atoms with Crippen LogP contribution in [0.3, 0.4) is 0 Å². The summed E-state index contributed by atoms with van der Waals surface area (Å²) in [7, 11) is -1.23. The van der Waals surface area contributed by atoms with E-state index in [0.717, 1.165) is 32.1 Å². The van der Waals surface area contributed by atoms with Gasteiger partial charge in [-0.3, -0.25) is 0 Å². The number of aromatic nitrogens is 2.